The summed E-state index contributed by atoms with van der Waals surface area (Å²) < 4.78 is 0. The van der Waals surface area contributed by atoms with Crippen molar-refractivity contribution in [2.45, 2.75) is 20.1 Å². The number of hydrogen-bond acceptors (Lipinski definition) is 5. The number of amides is 1. The molecule has 0 aliphatic rings. The molecular weight excluding hydrogens is 228 g/mol. The van der Waals surface area contributed by atoms with Gasteiger partial charge in [0.1, 0.15) is 5.75 Å². The van der Waals surface area contributed by atoms with Crippen LogP contribution in [0.5, 0.6) is 5.75 Å². The monoisotopic (exact) mass is 240 g/mol. The summed E-state index contributed by atoms with van der Waals surface area (Å²) in [6.45, 7) is 1.01. The van der Waals surface area contributed by atoms with E-state index in [1.807, 2.05) is 0 Å². The second-order valence-electron chi connectivity index (χ2n) is 3.34. The van der Waals surface area contributed by atoms with Gasteiger partial charge in [0.15, 0.2) is 0 Å². The van der Waals surface area contributed by atoms with Gasteiger partial charge in [0.2, 0.25) is 0 Å². The molecule has 1 rings (SSSR count). The molecule has 0 saturated heterocycles. The summed E-state index contributed by atoms with van der Waals surface area (Å²) in [7, 11) is 0. The minimum Gasteiger partial charge on any atom is -0.506 e. The number of aromatic hydroxyl groups is 1. The van der Waals surface area contributed by atoms with Crippen molar-refractivity contribution in [2.24, 2.45) is 0 Å². The highest BCUT2D eigenvalue weighted by atomic mass is 16.4. The van der Waals surface area contributed by atoms with E-state index < -0.39 is 11.9 Å². The first-order valence-electron chi connectivity index (χ1n) is 4.75. The number of rotatable bonds is 3. The number of nitrogens with zero attached hydrogens (tertiary/aromatic N) is 1. The van der Waals surface area contributed by atoms with Crippen molar-refractivity contribution in [2.75, 3.05) is 0 Å². The summed E-state index contributed by atoms with van der Waals surface area (Å²) in [6, 6.07) is 0. The highest BCUT2D eigenvalue weighted by molar-refractivity contribution is 6.31. The van der Waals surface area contributed by atoms with Crippen molar-refractivity contribution in [3.63, 3.8) is 0 Å². The van der Waals surface area contributed by atoms with Gasteiger partial charge in [0, 0.05) is 23.9 Å². The number of aliphatic hydroxyl groups excluding tert-OH is 1. The number of aliphatic hydroxyl groups is 1. The van der Waals surface area contributed by atoms with E-state index in [1.54, 1.807) is 6.92 Å². The molecule has 0 spiro atoms. The number of carbonyl (C=O) groups is 2. The van der Waals surface area contributed by atoms with Crippen molar-refractivity contribution in [1.82, 2.24) is 10.3 Å². The Kier molecular flexibility index (Phi) is 4.00. The third-order valence-corrected chi connectivity index (χ3v) is 2.22. The Bertz CT molecular complexity index is 458. The predicted molar refractivity (Wildman–Crippen MR) is 56.0 cm³/mol. The molecule has 17 heavy (non-hydrogen) atoms. The molecule has 1 aromatic rings. The van der Waals surface area contributed by atoms with Gasteiger partial charge in [0.25, 0.3) is 0 Å². The van der Waals surface area contributed by atoms with Crippen molar-refractivity contribution in [3.8, 4) is 5.75 Å². The SMILES string of the molecule is Cc1ncc(CO)c(CNC(=O)C(=O)O)c1O. The zero-order chi connectivity index (χ0) is 13.0. The largest absolute Gasteiger partial charge is 0.506 e. The highest BCUT2D eigenvalue weighted by Crippen LogP contribution is 2.23. The number of pyridine rings is 1. The number of carbonyl (C=O) groups excluding carboxylic acids is 1. The molecule has 0 aliphatic carbocycles. The van der Waals surface area contributed by atoms with E-state index in [4.69, 9.17) is 10.2 Å². The number of nitrogens with one attached hydrogen (secondary N) is 1. The highest BCUT2D eigenvalue weighted by Gasteiger charge is 2.15. The lowest BCUT2D eigenvalue weighted by atomic mass is 10.1. The molecule has 1 heterocycles. The average Bonchev–Trinajstić information content (AvgIpc) is 2.30. The lowest BCUT2D eigenvalue weighted by molar-refractivity contribution is -0.150. The zero-order valence-corrected chi connectivity index (χ0v) is 9.10. The smallest absolute Gasteiger partial charge is 0.394 e. The number of carboxylic acid groups (broad SMARTS) is 1. The molecule has 0 radical (unpaired) electrons. The van der Waals surface area contributed by atoms with Crippen molar-refractivity contribution in [3.05, 3.63) is 23.0 Å². The average molecular weight is 240 g/mol. The minimum absolute atomic E-state index is 0.165. The van der Waals surface area contributed by atoms with Crippen molar-refractivity contribution < 1.29 is 24.9 Å². The molecule has 0 unspecified atom stereocenters. The molecule has 0 bridgehead atoms. The molecular formula is C10H12N2O5. The molecule has 0 saturated carbocycles. The summed E-state index contributed by atoms with van der Waals surface area (Å²) in [5.41, 5.74) is 0.926. The van der Waals surface area contributed by atoms with E-state index in [0.29, 0.717) is 11.3 Å². The summed E-state index contributed by atoms with van der Waals surface area (Å²) in [5.74, 6) is -2.95. The van der Waals surface area contributed by atoms with Crippen LogP contribution in [-0.2, 0) is 22.7 Å². The molecule has 0 atom stereocenters. The molecule has 7 heteroatoms. The van der Waals surface area contributed by atoms with Crippen LogP contribution in [-0.4, -0.2) is 32.2 Å². The molecule has 4 N–H and O–H groups in total. The van der Waals surface area contributed by atoms with Gasteiger partial charge in [-0.3, -0.25) is 9.78 Å². The van der Waals surface area contributed by atoms with Crippen LogP contribution in [0.2, 0.25) is 0 Å². The fraction of sp³-hybridized carbons (Fsp3) is 0.300. The van der Waals surface area contributed by atoms with Crippen LogP contribution in [0.15, 0.2) is 6.20 Å². The number of aliphatic carboxylic acids is 1. The third-order valence-electron chi connectivity index (χ3n) is 2.22. The van der Waals surface area contributed by atoms with Gasteiger partial charge in [-0.15, -0.1) is 0 Å². The topological polar surface area (TPSA) is 120 Å². The van der Waals surface area contributed by atoms with Crippen LogP contribution in [0.25, 0.3) is 0 Å². The van der Waals surface area contributed by atoms with Crippen LogP contribution in [0.3, 0.4) is 0 Å². The maximum absolute atomic E-state index is 10.8. The van der Waals surface area contributed by atoms with Crippen LogP contribution < -0.4 is 5.32 Å². The maximum Gasteiger partial charge on any atom is 0.394 e. The maximum atomic E-state index is 10.8. The van der Waals surface area contributed by atoms with Gasteiger partial charge in [0.05, 0.1) is 12.3 Å². The molecule has 92 valence electrons. The summed E-state index contributed by atoms with van der Waals surface area (Å²) in [5, 5.41) is 29.2. The summed E-state index contributed by atoms with van der Waals surface area (Å²) in [6.07, 6.45) is 1.36. The molecule has 0 fully saturated rings. The standard InChI is InChI=1S/C10H12N2O5/c1-5-8(14)7(6(4-13)2-11-5)3-12-9(15)10(16)17/h2,13-14H,3-4H2,1H3,(H,12,15)(H,16,17). The van der Waals surface area contributed by atoms with Crippen LogP contribution in [0.1, 0.15) is 16.8 Å². The molecule has 1 amide bonds. The first-order chi connectivity index (χ1) is 7.97. The Hall–Kier alpha value is -2.15. The molecule has 1 aromatic heterocycles. The fourth-order valence-electron chi connectivity index (χ4n) is 1.26. The zero-order valence-electron chi connectivity index (χ0n) is 9.10. The van der Waals surface area contributed by atoms with Gasteiger partial charge in [-0.25, -0.2) is 4.79 Å². The predicted octanol–water partition coefficient (Wildman–Crippen LogP) is -0.711. The van der Waals surface area contributed by atoms with E-state index >= 15 is 0 Å². The first kappa shape index (κ1) is 12.9. The third kappa shape index (κ3) is 2.91. The van der Waals surface area contributed by atoms with E-state index in [2.05, 4.69) is 10.3 Å². The van der Waals surface area contributed by atoms with Crippen LogP contribution >= 0.6 is 0 Å². The van der Waals surface area contributed by atoms with E-state index in [1.165, 1.54) is 6.20 Å². The quantitative estimate of drug-likeness (QED) is 0.518. The lowest BCUT2D eigenvalue weighted by Crippen LogP contribution is -2.30. The second kappa shape index (κ2) is 5.26. The van der Waals surface area contributed by atoms with Crippen molar-refractivity contribution in [1.29, 1.82) is 0 Å². The first-order valence-corrected chi connectivity index (χ1v) is 4.75. The molecule has 0 aromatic carbocycles. The summed E-state index contributed by atoms with van der Waals surface area (Å²) in [4.78, 5) is 25.0. The number of carboxylic acids is 1. The van der Waals surface area contributed by atoms with Gasteiger partial charge >= 0.3 is 11.9 Å². The van der Waals surface area contributed by atoms with Gasteiger partial charge in [-0.1, -0.05) is 0 Å². The van der Waals surface area contributed by atoms with Gasteiger partial charge < -0.3 is 20.6 Å². The Balaban J connectivity index is 2.93. The van der Waals surface area contributed by atoms with Gasteiger partial charge in [-0.05, 0) is 6.92 Å². The number of hydrogen-bond donors (Lipinski definition) is 4. The van der Waals surface area contributed by atoms with Crippen molar-refractivity contribution >= 4 is 11.9 Å². The lowest BCUT2D eigenvalue weighted by Gasteiger charge is -2.11. The normalized spacial score (nSPS) is 10.0. The van der Waals surface area contributed by atoms with E-state index in [9.17, 15) is 14.7 Å². The summed E-state index contributed by atoms with van der Waals surface area (Å²) >= 11 is 0. The second-order valence-corrected chi connectivity index (χ2v) is 3.34. The Morgan fingerprint density at radius 2 is 2.12 bits per heavy atom. The van der Waals surface area contributed by atoms with Crippen LogP contribution in [0, 0.1) is 6.92 Å². The minimum atomic E-state index is -1.61. The number of aromatic nitrogens is 1. The Morgan fingerprint density at radius 3 is 2.65 bits per heavy atom. The Labute approximate surface area is 96.7 Å². The Morgan fingerprint density at radius 1 is 1.47 bits per heavy atom. The fourth-order valence-corrected chi connectivity index (χ4v) is 1.26. The molecule has 0 aliphatic heterocycles. The van der Waals surface area contributed by atoms with Gasteiger partial charge in [-0.2, -0.15) is 0 Å². The molecule has 7 nitrogen and oxygen atoms in total. The van der Waals surface area contributed by atoms with E-state index in [0.717, 1.165) is 0 Å². The number of aryl methyl sites for hydroxylation is 1. The van der Waals surface area contributed by atoms with E-state index in [-0.39, 0.29) is 24.5 Å². The van der Waals surface area contributed by atoms with Crippen LogP contribution in [0.4, 0.5) is 0 Å².